The zero-order valence-electron chi connectivity index (χ0n) is 8.37. The van der Waals surface area contributed by atoms with Gasteiger partial charge in [0.2, 0.25) is 0 Å². The lowest BCUT2D eigenvalue weighted by Crippen LogP contribution is -2.35. The van der Waals surface area contributed by atoms with Gasteiger partial charge in [0.15, 0.2) is 23.6 Å². The van der Waals surface area contributed by atoms with Crippen LogP contribution in [0.5, 0.6) is 0 Å². The van der Waals surface area contributed by atoms with Gasteiger partial charge in [-0.15, -0.1) is 0 Å². The Morgan fingerprint density at radius 1 is 1.33 bits per heavy atom. The highest BCUT2D eigenvalue weighted by Gasteiger charge is 2.23. The molecular formula is C7H20O3Si2. The molecule has 0 aliphatic rings. The normalized spacial score (nSPS) is 13.0. The lowest BCUT2D eigenvalue weighted by atomic mass is 10.5. The second-order valence-corrected chi connectivity index (χ2v) is 11.0. The Bertz CT molecular complexity index is 126. The zero-order valence-corrected chi connectivity index (χ0v) is 10.5. The first kappa shape index (κ1) is 12.3. The molecule has 2 N–H and O–H groups in total. The summed E-state index contributed by atoms with van der Waals surface area (Å²) in [6.45, 7) is 8.54. The van der Waals surface area contributed by atoms with Crippen LogP contribution in [0.2, 0.25) is 32.2 Å². The van der Waals surface area contributed by atoms with Gasteiger partial charge in [-0.1, -0.05) is 0 Å². The van der Waals surface area contributed by atoms with Crippen LogP contribution in [0.4, 0.5) is 0 Å². The van der Waals surface area contributed by atoms with E-state index in [-0.39, 0.29) is 0 Å². The fraction of sp³-hybridized carbons (Fsp3) is 1.00. The Morgan fingerprint density at radius 2 is 1.83 bits per heavy atom. The molecule has 0 fully saturated rings. The van der Waals surface area contributed by atoms with Crippen LogP contribution < -0.4 is 0 Å². The fourth-order valence-electron chi connectivity index (χ4n) is 1.17. The van der Waals surface area contributed by atoms with Gasteiger partial charge >= 0.3 is 0 Å². The second-order valence-electron chi connectivity index (χ2n) is 3.95. The molecule has 0 radical (unpaired) electrons. The highest BCUT2D eigenvalue weighted by Crippen LogP contribution is 2.15. The second kappa shape index (κ2) is 5.13. The standard InChI is InChI=1S/C7H20O3Si2/c1-11(2)10-12(3,4)6-5-7(8)9/h7-9,11H,5-6H2,1-4H3. The van der Waals surface area contributed by atoms with Crippen molar-refractivity contribution in [3.63, 3.8) is 0 Å². The summed E-state index contributed by atoms with van der Waals surface area (Å²) in [6, 6.07) is 0.829. The van der Waals surface area contributed by atoms with Crippen molar-refractivity contribution in [3.8, 4) is 0 Å². The van der Waals surface area contributed by atoms with E-state index in [0.717, 1.165) is 6.04 Å². The molecular weight excluding hydrogens is 188 g/mol. The third-order valence-corrected chi connectivity index (χ3v) is 7.49. The van der Waals surface area contributed by atoms with Crippen molar-refractivity contribution in [2.45, 2.75) is 44.9 Å². The predicted molar refractivity (Wildman–Crippen MR) is 55.1 cm³/mol. The van der Waals surface area contributed by atoms with Crippen molar-refractivity contribution < 1.29 is 14.3 Å². The molecule has 12 heavy (non-hydrogen) atoms. The minimum Gasteiger partial charge on any atom is -0.458 e. The molecule has 5 heteroatoms. The first-order valence-corrected chi connectivity index (χ1v) is 10.3. The quantitative estimate of drug-likeness (QED) is 0.521. The smallest absolute Gasteiger partial charge is 0.173 e. The number of hydrogen-bond acceptors (Lipinski definition) is 3. The van der Waals surface area contributed by atoms with Crippen molar-refractivity contribution in [3.05, 3.63) is 0 Å². The van der Waals surface area contributed by atoms with Gasteiger partial charge in [-0.05, 0) is 38.7 Å². The molecule has 0 spiro atoms. The molecule has 0 saturated carbocycles. The summed E-state index contributed by atoms with van der Waals surface area (Å²) in [4.78, 5) is 0. The van der Waals surface area contributed by atoms with Crippen molar-refractivity contribution >= 4 is 17.4 Å². The van der Waals surface area contributed by atoms with E-state index in [1.807, 2.05) is 0 Å². The Balaban J connectivity index is 3.71. The van der Waals surface area contributed by atoms with Crippen LogP contribution in [-0.4, -0.2) is 33.9 Å². The van der Waals surface area contributed by atoms with Crippen LogP contribution in [0.15, 0.2) is 0 Å². The summed E-state index contributed by atoms with van der Waals surface area (Å²) in [5.41, 5.74) is 0. The summed E-state index contributed by atoms with van der Waals surface area (Å²) < 4.78 is 5.84. The topological polar surface area (TPSA) is 49.7 Å². The van der Waals surface area contributed by atoms with Crippen molar-refractivity contribution in [2.75, 3.05) is 0 Å². The number of hydrogen-bond donors (Lipinski definition) is 2. The number of rotatable bonds is 5. The summed E-state index contributed by atoms with van der Waals surface area (Å²) in [5.74, 6) is 0. The maximum Gasteiger partial charge on any atom is 0.173 e. The highest BCUT2D eigenvalue weighted by molar-refractivity contribution is 6.77. The minimum absolute atomic E-state index is 0.445. The number of aliphatic hydroxyl groups is 2. The lowest BCUT2D eigenvalue weighted by Gasteiger charge is -2.25. The van der Waals surface area contributed by atoms with Gasteiger partial charge in [-0.25, -0.2) is 0 Å². The van der Waals surface area contributed by atoms with Crippen LogP contribution >= 0.6 is 0 Å². The van der Waals surface area contributed by atoms with Gasteiger partial charge in [0, 0.05) is 0 Å². The van der Waals surface area contributed by atoms with E-state index in [9.17, 15) is 0 Å². The Kier molecular flexibility index (Phi) is 5.27. The maximum absolute atomic E-state index is 8.68. The van der Waals surface area contributed by atoms with Gasteiger partial charge in [0.1, 0.15) is 0 Å². The van der Waals surface area contributed by atoms with Gasteiger partial charge in [0.25, 0.3) is 0 Å². The third kappa shape index (κ3) is 6.99. The van der Waals surface area contributed by atoms with E-state index in [0.29, 0.717) is 6.42 Å². The highest BCUT2D eigenvalue weighted by atomic mass is 28.4. The first-order chi connectivity index (χ1) is 5.33. The SMILES string of the molecule is C[SiH](C)O[Si](C)(C)CCC(O)O. The summed E-state index contributed by atoms with van der Waals surface area (Å²) in [5, 5.41) is 17.4. The van der Waals surface area contributed by atoms with Crippen molar-refractivity contribution in [2.24, 2.45) is 0 Å². The van der Waals surface area contributed by atoms with Crippen LogP contribution in [0.25, 0.3) is 0 Å². The summed E-state index contributed by atoms with van der Waals surface area (Å²) >= 11 is 0. The Hall–Kier alpha value is 0.314. The predicted octanol–water partition coefficient (Wildman–Crippen LogP) is 0.892. The van der Waals surface area contributed by atoms with Gasteiger partial charge in [-0.2, -0.15) is 0 Å². The fourth-order valence-corrected chi connectivity index (χ4v) is 7.70. The van der Waals surface area contributed by atoms with E-state index >= 15 is 0 Å². The molecule has 0 aliphatic carbocycles. The largest absolute Gasteiger partial charge is 0.458 e. The first-order valence-electron chi connectivity index (χ1n) is 4.37. The van der Waals surface area contributed by atoms with Crippen molar-refractivity contribution in [1.29, 1.82) is 0 Å². The molecule has 3 nitrogen and oxygen atoms in total. The van der Waals surface area contributed by atoms with E-state index in [4.69, 9.17) is 14.3 Å². The van der Waals surface area contributed by atoms with Crippen LogP contribution in [0.1, 0.15) is 6.42 Å². The van der Waals surface area contributed by atoms with Crippen molar-refractivity contribution in [1.82, 2.24) is 0 Å². The van der Waals surface area contributed by atoms with Crippen LogP contribution in [0.3, 0.4) is 0 Å². The molecule has 0 saturated heterocycles. The molecule has 0 aliphatic heterocycles. The molecule has 0 amide bonds. The summed E-state index contributed by atoms with van der Waals surface area (Å²) in [7, 11) is -2.55. The third-order valence-electron chi connectivity index (χ3n) is 1.56. The van der Waals surface area contributed by atoms with E-state index in [2.05, 4.69) is 26.2 Å². The van der Waals surface area contributed by atoms with Crippen LogP contribution in [0, 0.1) is 0 Å². The molecule has 0 bridgehead atoms. The van der Waals surface area contributed by atoms with Gasteiger partial charge in [0.05, 0.1) is 0 Å². The van der Waals surface area contributed by atoms with E-state index in [1.165, 1.54) is 0 Å². The molecule has 74 valence electrons. The van der Waals surface area contributed by atoms with Crippen LogP contribution in [-0.2, 0) is 4.12 Å². The monoisotopic (exact) mass is 208 g/mol. The number of aliphatic hydroxyl groups excluding tert-OH is 1. The lowest BCUT2D eigenvalue weighted by molar-refractivity contribution is -0.0419. The minimum atomic E-state index is -1.59. The average molecular weight is 208 g/mol. The van der Waals surface area contributed by atoms with E-state index in [1.54, 1.807) is 0 Å². The average Bonchev–Trinajstić information content (AvgIpc) is 1.81. The molecule has 0 aromatic rings. The Labute approximate surface area is 77.2 Å². The maximum atomic E-state index is 8.68. The zero-order chi connectivity index (χ0) is 9.78. The molecule has 0 aromatic carbocycles. The summed E-state index contributed by atoms with van der Waals surface area (Å²) in [6.07, 6.45) is -0.727. The van der Waals surface area contributed by atoms with E-state index < -0.39 is 23.6 Å². The molecule has 0 heterocycles. The van der Waals surface area contributed by atoms with Gasteiger partial charge < -0.3 is 14.3 Å². The molecule has 0 aromatic heterocycles. The van der Waals surface area contributed by atoms with Gasteiger partial charge in [-0.3, -0.25) is 0 Å². The Morgan fingerprint density at radius 3 is 2.17 bits per heavy atom. The molecule has 0 atom stereocenters. The molecule has 0 rings (SSSR count). The molecule has 0 unspecified atom stereocenters.